The first kappa shape index (κ1) is 14.7. The quantitative estimate of drug-likeness (QED) is 0.523. The summed E-state index contributed by atoms with van der Waals surface area (Å²) in [5.74, 6) is 0.110. The molecule has 1 aromatic heterocycles. The molecule has 0 radical (unpaired) electrons. The van der Waals surface area contributed by atoms with E-state index in [1.165, 1.54) is 18.2 Å². The van der Waals surface area contributed by atoms with Crippen LogP contribution in [0.2, 0.25) is 5.15 Å². The van der Waals surface area contributed by atoms with Gasteiger partial charge in [-0.25, -0.2) is 9.97 Å². The Morgan fingerprint density at radius 3 is 2.50 bits per heavy atom. The molecular weight excluding hydrogens is 311 g/mol. The van der Waals surface area contributed by atoms with Gasteiger partial charge >= 0.3 is 6.18 Å². The van der Waals surface area contributed by atoms with Crippen LogP contribution in [0.1, 0.15) is 17.0 Å². The fourth-order valence-electron chi connectivity index (χ4n) is 1.50. The van der Waals surface area contributed by atoms with Crippen LogP contribution in [0.15, 0.2) is 30.3 Å². The van der Waals surface area contributed by atoms with Gasteiger partial charge in [0, 0.05) is 6.07 Å². The number of nitrogens with two attached hydrogens (primary N) is 1. The lowest BCUT2D eigenvalue weighted by atomic mass is 10.1. The first-order chi connectivity index (χ1) is 9.27. The van der Waals surface area contributed by atoms with Crippen LogP contribution in [0.25, 0.3) is 0 Å². The molecule has 0 atom stereocenters. The summed E-state index contributed by atoms with van der Waals surface area (Å²) in [7, 11) is 0. The van der Waals surface area contributed by atoms with E-state index in [-0.39, 0.29) is 27.2 Å². The van der Waals surface area contributed by atoms with Gasteiger partial charge in [0.2, 0.25) is 0 Å². The number of nitrogens with zero attached hydrogens (tertiary/aromatic N) is 2. The molecule has 104 valence electrons. The molecule has 0 spiro atoms. The lowest BCUT2D eigenvalue weighted by Gasteiger charge is -2.09. The number of benzene rings is 1. The summed E-state index contributed by atoms with van der Waals surface area (Å²) in [6.45, 7) is 0. The molecule has 0 saturated heterocycles. The Morgan fingerprint density at radius 1 is 1.20 bits per heavy atom. The van der Waals surface area contributed by atoms with Gasteiger partial charge in [-0.1, -0.05) is 36.0 Å². The average molecular weight is 318 g/mol. The second-order valence-electron chi connectivity index (χ2n) is 3.85. The Hall–Kier alpha value is -1.73. The van der Waals surface area contributed by atoms with Gasteiger partial charge in [0.15, 0.2) is 5.82 Å². The second kappa shape index (κ2) is 5.34. The highest BCUT2D eigenvalue weighted by atomic mass is 35.5. The maximum Gasteiger partial charge on any atom is 0.416 e. The number of thiocarbonyl (C=S) groups is 1. The van der Waals surface area contributed by atoms with Crippen molar-refractivity contribution in [2.45, 2.75) is 6.18 Å². The maximum absolute atomic E-state index is 12.6. The van der Waals surface area contributed by atoms with Crippen molar-refractivity contribution >= 4 is 34.5 Å². The van der Waals surface area contributed by atoms with Crippen LogP contribution < -0.4 is 5.73 Å². The molecular formula is C12H7ClF3N3S. The van der Waals surface area contributed by atoms with Crippen LogP contribution in [-0.4, -0.2) is 14.8 Å². The largest absolute Gasteiger partial charge is 0.416 e. The van der Waals surface area contributed by atoms with Gasteiger partial charge in [0.1, 0.15) is 11.0 Å². The SMILES string of the molecule is Nc1cc(Cl)nc(C(=S)c2cccc(C(F)(F)F)c2)n1. The summed E-state index contributed by atoms with van der Waals surface area (Å²) in [5, 5.41) is 0.0711. The highest BCUT2D eigenvalue weighted by Crippen LogP contribution is 2.30. The van der Waals surface area contributed by atoms with Crippen molar-refractivity contribution < 1.29 is 13.2 Å². The number of hydrogen-bond donors (Lipinski definition) is 1. The van der Waals surface area contributed by atoms with E-state index in [1.54, 1.807) is 0 Å². The Labute approximate surface area is 122 Å². The molecule has 2 N–H and O–H groups in total. The molecule has 2 rings (SSSR count). The smallest absolute Gasteiger partial charge is 0.384 e. The van der Waals surface area contributed by atoms with E-state index in [2.05, 4.69) is 9.97 Å². The summed E-state index contributed by atoms with van der Waals surface area (Å²) in [4.78, 5) is 7.76. The van der Waals surface area contributed by atoms with Gasteiger partial charge in [-0.05, 0) is 17.7 Å². The van der Waals surface area contributed by atoms with E-state index < -0.39 is 11.7 Å². The molecule has 3 nitrogen and oxygen atoms in total. The normalized spacial score (nSPS) is 11.4. The predicted molar refractivity (Wildman–Crippen MR) is 73.7 cm³/mol. The molecule has 1 heterocycles. The van der Waals surface area contributed by atoms with Crippen LogP contribution in [0.3, 0.4) is 0 Å². The summed E-state index contributed by atoms with van der Waals surface area (Å²) < 4.78 is 37.9. The number of rotatable bonds is 2. The van der Waals surface area contributed by atoms with Gasteiger partial charge < -0.3 is 5.73 Å². The lowest BCUT2D eigenvalue weighted by molar-refractivity contribution is -0.137. The first-order valence-corrected chi connectivity index (χ1v) is 6.08. The van der Waals surface area contributed by atoms with Gasteiger partial charge in [0.05, 0.1) is 10.4 Å². The third-order valence-electron chi connectivity index (χ3n) is 2.37. The number of halogens is 4. The van der Waals surface area contributed by atoms with Crippen LogP contribution in [-0.2, 0) is 6.18 Å². The van der Waals surface area contributed by atoms with E-state index in [9.17, 15) is 13.2 Å². The fraction of sp³-hybridized carbons (Fsp3) is 0.0833. The van der Waals surface area contributed by atoms with Gasteiger partial charge in [-0.15, -0.1) is 0 Å². The Bertz CT molecular complexity index is 653. The van der Waals surface area contributed by atoms with Crippen molar-refractivity contribution in [2.75, 3.05) is 5.73 Å². The molecule has 0 amide bonds. The third kappa shape index (κ3) is 3.23. The molecule has 0 unspecified atom stereocenters. The standard InChI is InChI=1S/C12H7ClF3N3S/c13-8-5-9(17)19-11(18-8)10(20)6-2-1-3-7(4-6)12(14,15)16/h1-5H,(H2,17,18,19). The van der Waals surface area contributed by atoms with Crippen LogP contribution in [0.4, 0.5) is 19.0 Å². The van der Waals surface area contributed by atoms with Crippen molar-refractivity contribution in [1.29, 1.82) is 0 Å². The van der Waals surface area contributed by atoms with Crippen molar-refractivity contribution in [1.82, 2.24) is 9.97 Å². The summed E-state index contributed by atoms with van der Waals surface area (Å²) >= 11 is 10.8. The topological polar surface area (TPSA) is 51.8 Å². The second-order valence-corrected chi connectivity index (χ2v) is 4.64. The Kier molecular flexibility index (Phi) is 3.92. The molecule has 0 aliphatic carbocycles. The minimum absolute atomic E-state index is 0.0179. The fourth-order valence-corrected chi connectivity index (χ4v) is 1.91. The molecule has 0 aliphatic heterocycles. The summed E-state index contributed by atoms with van der Waals surface area (Å²) in [5.41, 5.74) is 4.88. The van der Waals surface area contributed by atoms with Crippen LogP contribution in [0.5, 0.6) is 0 Å². The average Bonchev–Trinajstić information content (AvgIpc) is 2.36. The number of alkyl halides is 3. The number of nitrogen functional groups attached to an aromatic ring is 1. The van der Waals surface area contributed by atoms with E-state index in [1.807, 2.05) is 0 Å². The monoisotopic (exact) mass is 317 g/mol. The minimum Gasteiger partial charge on any atom is -0.384 e. The molecule has 2 aromatic rings. The van der Waals surface area contributed by atoms with E-state index in [0.29, 0.717) is 0 Å². The van der Waals surface area contributed by atoms with E-state index in [4.69, 9.17) is 29.6 Å². The molecule has 20 heavy (non-hydrogen) atoms. The third-order valence-corrected chi connectivity index (χ3v) is 2.98. The number of anilines is 1. The predicted octanol–water partition coefficient (Wildman–Crippen LogP) is 3.50. The van der Waals surface area contributed by atoms with Gasteiger partial charge in [-0.3, -0.25) is 0 Å². The summed E-state index contributed by atoms with van der Waals surface area (Å²) in [6.07, 6.45) is -4.44. The van der Waals surface area contributed by atoms with E-state index in [0.717, 1.165) is 12.1 Å². The molecule has 0 saturated carbocycles. The number of hydrogen-bond acceptors (Lipinski definition) is 4. The molecule has 0 bridgehead atoms. The zero-order valence-corrected chi connectivity index (χ0v) is 11.4. The van der Waals surface area contributed by atoms with Crippen molar-refractivity contribution in [3.05, 3.63) is 52.4 Å². The lowest BCUT2D eigenvalue weighted by Crippen LogP contribution is -2.10. The zero-order chi connectivity index (χ0) is 14.9. The molecule has 0 fully saturated rings. The van der Waals surface area contributed by atoms with Crippen LogP contribution in [0, 0.1) is 0 Å². The first-order valence-electron chi connectivity index (χ1n) is 5.29. The van der Waals surface area contributed by atoms with Crippen molar-refractivity contribution in [3.63, 3.8) is 0 Å². The van der Waals surface area contributed by atoms with Gasteiger partial charge in [-0.2, -0.15) is 13.2 Å². The Morgan fingerprint density at radius 2 is 1.90 bits per heavy atom. The van der Waals surface area contributed by atoms with Crippen LogP contribution >= 0.6 is 23.8 Å². The summed E-state index contributed by atoms with van der Waals surface area (Å²) in [6, 6.07) is 5.91. The Balaban J connectivity index is 2.43. The van der Waals surface area contributed by atoms with Gasteiger partial charge in [0.25, 0.3) is 0 Å². The highest BCUT2D eigenvalue weighted by Gasteiger charge is 2.30. The zero-order valence-electron chi connectivity index (χ0n) is 9.78. The minimum atomic E-state index is -4.44. The van der Waals surface area contributed by atoms with Crippen molar-refractivity contribution in [3.8, 4) is 0 Å². The number of aromatic nitrogens is 2. The molecule has 0 aliphatic rings. The molecule has 8 heteroatoms. The highest BCUT2D eigenvalue weighted by molar-refractivity contribution is 7.81. The van der Waals surface area contributed by atoms with Crippen molar-refractivity contribution in [2.24, 2.45) is 0 Å². The molecule has 1 aromatic carbocycles. The van der Waals surface area contributed by atoms with E-state index >= 15 is 0 Å². The maximum atomic E-state index is 12.6.